The number of alkyl halides is 1. The summed E-state index contributed by atoms with van der Waals surface area (Å²) in [5.74, 6) is 1.00. The molecule has 1 atom stereocenters. The minimum absolute atomic E-state index is 0.288. The molecule has 3 heteroatoms. The summed E-state index contributed by atoms with van der Waals surface area (Å²) in [4.78, 5) is 3.32. The normalized spacial score (nSPS) is 15.6. The van der Waals surface area contributed by atoms with Crippen LogP contribution in [0.5, 0.6) is 5.75 Å². The summed E-state index contributed by atoms with van der Waals surface area (Å²) in [7, 11) is 1.74. The number of hydrogen-bond donors (Lipinski definition) is 0. The third-order valence-electron chi connectivity index (χ3n) is 4.24. The lowest BCUT2D eigenvalue weighted by Gasteiger charge is -2.14. The van der Waals surface area contributed by atoms with Crippen molar-refractivity contribution in [2.75, 3.05) is 7.11 Å². The second kappa shape index (κ2) is 6.13. The predicted octanol–water partition coefficient (Wildman–Crippen LogP) is 5.74. The first kappa shape index (κ1) is 15.1. The molecule has 0 fully saturated rings. The van der Waals surface area contributed by atoms with Crippen molar-refractivity contribution in [2.24, 2.45) is 0 Å². The number of fused-ring (bicyclic) bond motifs is 1. The van der Waals surface area contributed by atoms with Gasteiger partial charge in [-0.2, -0.15) is 0 Å². The largest absolute Gasteiger partial charge is 0.496 e. The second-order valence-electron chi connectivity index (χ2n) is 5.85. The molecule has 0 bridgehead atoms. The molecule has 0 aliphatic heterocycles. The van der Waals surface area contributed by atoms with Crippen LogP contribution in [0.15, 0.2) is 18.2 Å². The Balaban J connectivity index is 1.94. The Morgan fingerprint density at radius 3 is 2.38 bits per heavy atom. The van der Waals surface area contributed by atoms with Gasteiger partial charge in [-0.3, -0.25) is 0 Å². The van der Waals surface area contributed by atoms with Crippen LogP contribution < -0.4 is 4.74 Å². The molecule has 0 N–H and O–H groups in total. The maximum atomic E-state index is 5.47. The van der Waals surface area contributed by atoms with E-state index in [0.29, 0.717) is 0 Å². The van der Waals surface area contributed by atoms with Gasteiger partial charge in [0, 0.05) is 9.75 Å². The van der Waals surface area contributed by atoms with E-state index in [4.69, 9.17) is 4.74 Å². The number of thiophene rings is 1. The van der Waals surface area contributed by atoms with Gasteiger partial charge in [-0.15, -0.1) is 11.3 Å². The van der Waals surface area contributed by atoms with E-state index in [2.05, 4.69) is 48.0 Å². The second-order valence-corrected chi connectivity index (χ2v) is 7.94. The summed E-state index contributed by atoms with van der Waals surface area (Å²) < 4.78 is 5.47. The topological polar surface area (TPSA) is 9.23 Å². The highest BCUT2D eigenvalue weighted by atomic mass is 79.9. The summed E-state index contributed by atoms with van der Waals surface area (Å²) in [6.07, 6.45) is 5.21. The number of hydrogen-bond acceptors (Lipinski definition) is 2. The van der Waals surface area contributed by atoms with Gasteiger partial charge in [0.2, 0.25) is 0 Å². The van der Waals surface area contributed by atoms with E-state index in [9.17, 15) is 0 Å². The van der Waals surface area contributed by atoms with Gasteiger partial charge in [0.1, 0.15) is 5.75 Å². The van der Waals surface area contributed by atoms with Crippen molar-refractivity contribution in [3.05, 3.63) is 50.2 Å². The summed E-state index contributed by atoms with van der Waals surface area (Å²) in [5, 5.41) is 0. The van der Waals surface area contributed by atoms with Gasteiger partial charge in [0.25, 0.3) is 0 Å². The smallest absolute Gasteiger partial charge is 0.124 e. The van der Waals surface area contributed by atoms with Crippen molar-refractivity contribution in [1.82, 2.24) is 0 Å². The van der Waals surface area contributed by atoms with E-state index in [1.54, 1.807) is 17.6 Å². The van der Waals surface area contributed by atoms with Crippen LogP contribution in [0, 0.1) is 13.8 Å². The Morgan fingerprint density at radius 1 is 1.10 bits per heavy atom. The van der Waals surface area contributed by atoms with Gasteiger partial charge in [0.05, 0.1) is 11.9 Å². The van der Waals surface area contributed by atoms with Crippen molar-refractivity contribution in [1.29, 1.82) is 0 Å². The molecule has 1 aliphatic carbocycles. The standard InChI is InChI=1S/C18H21BrOS/c1-11-8-14(9-12(2)18(11)20-3)17(19)16-10-13-6-4-5-7-15(13)21-16/h8-10,17H,4-7H2,1-3H3. The van der Waals surface area contributed by atoms with E-state index < -0.39 is 0 Å². The molecule has 0 saturated heterocycles. The third kappa shape index (κ3) is 2.91. The molecule has 1 aromatic heterocycles. The van der Waals surface area contributed by atoms with E-state index in [1.165, 1.54) is 47.3 Å². The summed E-state index contributed by atoms with van der Waals surface area (Å²) in [6.45, 7) is 4.24. The van der Waals surface area contributed by atoms with Gasteiger partial charge >= 0.3 is 0 Å². The Labute approximate surface area is 139 Å². The van der Waals surface area contributed by atoms with Crippen molar-refractivity contribution in [3.8, 4) is 5.75 Å². The molecule has 0 spiro atoms. The number of benzene rings is 1. The molecule has 1 unspecified atom stereocenters. The van der Waals surface area contributed by atoms with Gasteiger partial charge in [-0.1, -0.05) is 28.1 Å². The van der Waals surface area contributed by atoms with Crippen molar-refractivity contribution in [3.63, 3.8) is 0 Å². The highest BCUT2D eigenvalue weighted by Crippen LogP contribution is 2.41. The lowest BCUT2D eigenvalue weighted by atomic mass is 9.98. The SMILES string of the molecule is COc1c(C)cc(C(Br)c2cc3c(s2)CCCC3)cc1C. The molecule has 1 aromatic carbocycles. The fourth-order valence-electron chi connectivity index (χ4n) is 3.25. The highest BCUT2D eigenvalue weighted by Gasteiger charge is 2.20. The Kier molecular flexibility index (Phi) is 4.41. The lowest BCUT2D eigenvalue weighted by Crippen LogP contribution is -1.97. The minimum atomic E-state index is 0.288. The van der Waals surface area contributed by atoms with Crippen LogP contribution in [-0.2, 0) is 12.8 Å². The minimum Gasteiger partial charge on any atom is -0.496 e. The average Bonchev–Trinajstić information content (AvgIpc) is 2.90. The first-order chi connectivity index (χ1) is 10.1. The first-order valence-corrected chi connectivity index (χ1v) is 9.24. The number of methoxy groups -OCH3 is 1. The molecule has 0 radical (unpaired) electrons. The maximum absolute atomic E-state index is 5.47. The Bertz CT molecular complexity index is 613. The lowest BCUT2D eigenvalue weighted by molar-refractivity contribution is 0.408. The molecular formula is C18H21BrOS. The third-order valence-corrected chi connectivity index (χ3v) is 6.87. The molecule has 112 valence electrons. The van der Waals surface area contributed by atoms with Crippen molar-refractivity contribution < 1.29 is 4.74 Å². The zero-order valence-electron chi connectivity index (χ0n) is 12.8. The summed E-state index contributed by atoms with van der Waals surface area (Å²) in [6, 6.07) is 6.89. The van der Waals surface area contributed by atoms with Crippen LogP contribution in [0.1, 0.15) is 49.7 Å². The monoisotopic (exact) mass is 364 g/mol. The molecule has 0 saturated carbocycles. The number of aryl methyl sites for hydroxylation is 4. The predicted molar refractivity (Wildman–Crippen MR) is 94.2 cm³/mol. The molecular weight excluding hydrogens is 344 g/mol. The quantitative estimate of drug-likeness (QED) is 0.631. The van der Waals surface area contributed by atoms with Crippen LogP contribution in [0.2, 0.25) is 0 Å². The van der Waals surface area contributed by atoms with Crippen LogP contribution in [-0.4, -0.2) is 7.11 Å². The van der Waals surface area contributed by atoms with E-state index in [-0.39, 0.29) is 4.83 Å². The molecule has 0 amide bonds. The van der Waals surface area contributed by atoms with Gasteiger partial charge < -0.3 is 4.74 Å². The fraction of sp³-hybridized carbons (Fsp3) is 0.444. The number of ether oxygens (including phenoxy) is 1. The van der Waals surface area contributed by atoms with E-state index in [0.717, 1.165) is 5.75 Å². The molecule has 3 rings (SSSR count). The number of rotatable bonds is 3. The Hall–Kier alpha value is -0.800. The molecule has 1 heterocycles. The maximum Gasteiger partial charge on any atom is 0.124 e. The van der Waals surface area contributed by atoms with Gasteiger partial charge in [0.15, 0.2) is 0 Å². The molecule has 1 nitrogen and oxygen atoms in total. The fourth-order valence-corrected chi connectivity index (χ4v) is 5.20. The van der Waals surface area contributed by atoms with Gasteiger partial charge in [-0.25, -0.2) is 0 Å². The first-order valence-electron chi connectivity index (χ1n) is 7.51. The van der Waals surface area contributed by atoms with Crippen LogP contribution >= 0.6 is 27.3 Å². The molecule has 2 aromatic rings. The highest BCUT2D eigenvalue weighted by molar-refractivity contribution is 9.09. The molecule has 21 heavy (non-hydrogen) atoms. The van der Waals surface area contributed by atoms with Gasteiger partial charge in [-0.05, 0) is 67.9 Å². The Morgan fingerprint density at radius 2 is 1.76 bits per heavy atom. The van der Waals surface area contributed by atoms with Crippen LogP contribution in [0.3, 0.4) is 0 Å². The van der Waals surface area contributed by atoms with Crippen LogP contribution in [0.25, 0.3) is 0 Å². The number of halogens is 1. The zero-order valence-corrected chi connectivity index (χ0v) is 15.2. The van der Waals surface area contributed by atoms with E-state index in [1.807, 2.05) is 11.3 Å². The molecule has 1 aliphatic rings. The van der Waals surface area contributed by atoms with Crippen molar-refractivity contribution in [2.45, 2.75) is 44.4 Å². The van der Waals surface area contributed by atoms with Crippen molar-refractivity contribution >= 4 is 27.3 Å². The summed E-state index contributed by atoms with van der Waals surface area (Å²) >= 11 is 5.89. The van der Waals surface area contributed by atoms with Crippen LogP contribution in [0.4, 0.5) is 0 Å². The average molecular weight is 365 g/mol. The summed E-state index contributed by atoms with van der Waals surface area (Å²) in [5.41, 5.74) is 5.31. The van der Waals surface area contributed by atoms with E-state index >= 15 is 0 Å². The zero-order chi connectivity index (χ0) is 15.0.